The molecule has 0 aliphatic heterocycles. The Balaban J connectivity index is 1.98. The van der Waals surface area contributed by atoms with Crippen LogP contribution in [0.4, 0.5) is 13.2 Å². The predicted molar refractivity (Wildman–Crippen MR) is 60.8 cm³/mol. The van der Waals surface area contributed by atoms with Crippen molar-refractivity contribution in [1.82, 2.24) is 0 Å². The summed E-state index contributed by atoms with van der Waals surface area (Å²) in [7, 11) is 0. The molecule has 1 aliphatic rings. The van der Waals surface area contributed by atoms with Gasteiger partial charge in [0.15, 0.2) is 0 Å². The highest BCUT2D eigenvalue weighted by Crippen LogP contribution is 2.26. The number of carbonyl (C=O) groups is 1. The molecule has 1 N–H and O–H groups in total. The van der Waals surface area contributed by atoms with Crippen LogP contribution in [0.2, 0.25) is 0 Å². The van der Waals surface area contributed by atoms with Crippen LogP contribution in [0.25, 0.3) is 0 Å². The monoisotopic (exact) mass is 284 g/mol. The van der Waals surface area contributed by atoms with Gasteiger partial charge in [-0.05, 0) is 32.1 Å². The minimum atomic E-state index is -4.28. The van der Waals surface area contributed by atoms with Gasteiger partial charge in [0.25, 0.3) is 0 Å². The van der Waals surface area contributed by atoms with Crippen LogP contribution in [0.5, 0.6) is 0 Å². The zero-order valence-corrected chi connectivity index (χ0v) is 10.6. The Morgan fingerprint density at radius 3 is 2.32 bits per heavy atom. The molecule has 0 aromatic carbocycles. The van der Waals surface area contributed by atoms with Gasteiger partial charge in [-0.2, -0.15) is 13.2 Å². The molecule has 0 unspecified atom stereocenters. The molecule has 19 heavy (non-hydrogen) atoms. The lowest BCUT2D eigenvalue weighted by Crippen LogP contribution is -2.26. The number of halogens is 3. The van der Waals surface area contributed by atoms with Crippen LogP contribution in [0, 0.1) is 5.92 Å². The van der Waals surface area contributed by atoms with Gasteiger partial charge < -0.3 is 14.6 Å². The van der Waals surface area contributed by atoms with Crippen LogP contribution in [0.3, 0.4) is 0 Å². The zero-order chi connectivity index (χ0) is 14.3. The first-order valence-electron chi connectivity index (χ1n) is 6.37. The molecule has 1 fully saturated rings. The molecule has 0 bridgehead atoms. The molecule has 0 aromatic heterocycles. The van der Waals surface area contributed by atoms with Gasteiger partial charge in [-0.3, -0.25) is 4.79 Å². The third-order valence-corrected chi connectivity index (χ3v) is 3.08. The highest BCUT2D eigenvalue weighted by Gasteiger charge is 2.27. The van der Waals surface area contributed by atoms with Crippen LogP contribution >= 0.6 is 0 Å². The average Bonchev–Trinajstić information content (AvgIpc) is 2.33. The van der Waals surface area contributed by atoms with E-state index >= 15 is 0 Å². The van der Waals surface area contributed by atoms with Crippen molar-refractivity contribution in [3.8, 4) is 0 Å². The normalized spacial score (nSPS) is 24.4. The van der Waals surface area contributed by atoms with E-state index in [9.17, 15) is 18.0 Å². The summed E-state index contributed by atoms with van der Waals surface area (Å²) in [5.74, 6) is -1.05. The van der Waals surface area contributed by atoms with Crippen LogP contribution in [0.15, 0.2) is 0 Å². The largest absolute Gasteiger partial charge is 0.481 e. The van der Waals surface area contributed by atoms with E-state index in [4.69, 9.17) is 9.84 Å². The molecule has 0 saturated heterocycles. The number of carboxylic acids is 1. The first-order chi connectivity index (χ1) is 8.88. The molecule has 0 aromatic rings. The number of aliphatic carboxylic acids is 1. The number of hydrogen-bond acceptors (Lipinski definition) is 3. The Kier molecular flexibility index (Phi) is 6.57. The quantitative estimate of drug-likeness (QED) is 0.730. The van der Waals surface area contributed by atoms with Crippen molar-refractivity contribution in [2.45, 2.75) is 44.4 Å². The number of alkyl halides is 3. The Morgan fingerprint density at radius 2 is 1.79 bits per heavy atom. The fourth-order valence-electron chi connectivity index (χ4n) is 2.08. The molecule has 1 rings (SSSR count). The van der Waals surface area contributed by atoms with Crippen LogP contribution in [-0.4, -0.2) is 43.2 Å². The lowest BCUT2D eigenvalue weighted by atomic mass is 9.87. The van der Waals surface area contributed by atoms with Crippen molar-refractivity contribution < 1.29 is 32.5 Å². The summed E-state index contributed by atoms with van der Waals surface area (Å²) in [6.07, 6.45) is -1.25. The number of hydrogen-bond donors (Lipinski definition) is 1. The van der Waals surface area contributed by atoms with E-state index < -0.39 is 18.8 Å². The maximum Gasteiger partial charge on any atom is 0.411 e. The fourth-order valence-corrected chi connectivity index (χ4v) is 2.08. The van der Waals surface area contributed by atoms with E-state index in [1.165, 1.54) is 0 Å². The van der Waals surface area contributed by atoms with Crippen molar-refractivity contribution in [2.75, 3.05) is 19.8 Å². The van der Waals surface area contributed by atoms with E-state index in [1.807, 2.05) is 0 Å². The summed E-state index contributed by atoms with van der Waals surface area (Å²) in [6.45, 7) is -0.860. The highest BCUT2D eigenvalue weighted by molar-refractivity contribution is 5.69. The van der Waals surface area contributed by atoms with Crippen molar-refractivity contribution >= 4 is 5.97 Å². The molecule has 112 valence electrons. The second-order valence-corrected chi connectivity index (χ2v) is 4.70. The molecule has 0 radical (unpaired) electrons. The summed E-state index contributed by atoms with van der Waals surface area (Å²) < 4.78 is 45.2. The zero-order valence-electron chi connectivity index (χ0n) is 10.6. The molecule has 7 heteroatoms. The third kappa shape index (κ3) is 7.37. The molecular weight excluding hydrogens is 265 g/mol. The molecule has 4 nitrogen and oxygen atoms in total. The standard InChI is InChI=1S/C12H19F3O4/c13-12(14,15)8-18-6-1-7-19-10-4-2-9(3-5-10)11(16)17/h9-10H,1-8H2,(H,16,17). The predicted octanol–water partition coefficient (Wildman–Crippen LogP) is 2.62. The first-order valence-corrected chi connectivity index (χ1v) is 6.37. The van der Waals surface area contributed by atoms with Gasteiger partial charge in [0.2, 0.25) is 0 Å². The minimum Gasteiger partial charge on any atom is -0.481 e. The third-order valence-electron chi connectivity index (χ3n) is 3.08. The number of carboxylic acid groups (broad SMARTS) is 1. The topological polar surface area (TPSA) is 55.8 Å². The fraction of sp³-hybridized carbons (Fsp3) is 0.917. The number of ether oxygens (including phenoxy) is 2. The SMILES string of the molecule is O=C(O)C1CCC(OCCCOCC(F)(F)F)CC1. The Labute approximate surface area is 109 Å². The summed E-state index contributed by atoms with van der Waals surface area (Å²) in [5.41, 5.74) is 0. The van der Waals surface area contributed by atoms with Crippen molar-refractivity contribution in [3.63, 3.8) is 0 Å². The van der Waals surface area contributed by atoms with E-state index in [-0.39, 0.29) is 18.6 Å². The van der Waals surface area contributed by atoms with Gasteiger partial charge in [-0.1, -0.05) is 0 Å². The Bertz CT molecular complexity index is 273. The second kappa shape index (κ2) is 7.69. The van der Waals surface area contributed by atoms with Gasteiger partial charge in [-0.15, -0.1) is 0 Å². The van der Waals surface area contributed by atoms with Crippen molar-refractivity contribution in [1.29, 1.82) is 0 Å². The maximum absolute atomic E-state index is 11.8. The molecule has 0 atom stereocenters. The molecule has 1 aliphatic carbocycles. The Morgan fingerprint density at radius 1 is 1.16 bits per heavy atom. The number of rotatable bonds is 7. The molecule has 1 saturated carbocycles. The van der Waals surface area contributed by atoms with Gasteiger partial charge >= 0.3 is 12.1 Å². The lowest BCUT2D eigenvalue weighted by Gasteiger charge is -2.26. The van der Waals surface area contributed by atoms with E-state index in [0.717, 1.165) is 0 Å². The van der Waals surface area contributed by atoms with Crippen LogP contribution in [0.1, 0.15) is 32.1 Å². The van der Waals surface area contributed by atoms with Gasteiger partial charge in [0.05, 0.1) is 12.0 Å². The van der Waals surface area contributed by atoms with E-state index in [1.54, 1.807) is 0 Å². The van der Waals surface area contributed by atoms with E-state index in [2.05, 4.69) is 4.74 Å². The molecule has 0 spiro atoms. The minimum absolute atomic E-state index is 0.0178. The van der Waals surface area contributed by atoms with E-state index in [0.29, 0.717) is 38.7 Å². The smallest absolute Gasteiger partial charge is 0.411 e. The average molecular weight is 284 g/mol. The molecule has 0 amide bonds. The summed E-state index contributed by atoms with van der Waals surface area (Å²) in [6, 6.07) is 0. The molecular formula is C12H19F3O4. The summed E-state index contributed by atoms with van der Waals surface area (Å²) >= 11 is 0. The lowest BCUT2D eigenvalue weighted by molar-refractivity contribution is -0.175. The summed E-state index contributed by atoms with van der Waals surface area (Å²) in [5, 5.41) is 8.81. The van der Waals surface area contributed by atoms with Crippen LogP contribution in [-0.2, 0) is 14.3 Å². The van der Waals surface area contributed by atoms with Gasteiger partial charge in [0, 0.05) is 13.2 Å². The van der Waals surface area contributed by atoms with Crippen LogP contribution < -0.4 is 0 Å². The highest BCUT2D eigenvalue weighted by atomic mass is 19.4. The maximum atomic E-state index is 11.8. The second-order valence-electron chi connectivity index (χ2n) is 4.70. The van der Waals surface area contributed by atoms with Crippen molar-refractivity contribution in [3.05, 3.63) is 0 Å². The van der Waals surface area contributed by atoms with Gasteiger partial charge in [0.1, 0.15) is 6.61 Å². The molecule has 0 heterocycles. The van der Waals surface area contributed by atoms with Crippen molar-refractivity contribution in [2.24, 2.45) is 5.92 Å². The first kappa shape index (κ1) is 16.2. The summed E-state index contributed by atoms with van der Waals surface area (Å²) in [4.78, 5) is 10.7. The van der Waals surface area contributed by atoms with Gasteiger partial charge in [-0.25, -0.2) is 0 Å². The Hall–Kier alpha value is -0.820.